The summed E-state index contributed by atoms with van der Waals surface area (Å²) in [4.78, 5) is 18.0. The number of carbonyl (C=O) groups is 1. The molecule has 1 aliphatic heterocycles. The van der Waals surface area contributed by atoms with Crippen LogP contribution in [-0.2, 0) is 18.9 Å². The third kappa shape index (κ3) is 4.09. The van der Waals surface area contributed by atoms with Crippen molar-refractivity contribution in [3.05, 3.63) is 59.4 Å². The first kappa shape index (κ1) is 22.6. The molecule has 1 aromatic carbocycles. The van der Waals surface area contributed by atoms with Crippen LogP contribution in [0.3, 0.4) is 0 Å². The zero-order valence-corrected chi connectivity index (χ0v) is 19.8. The molecule has 0 spiro atoms. The number of aryl methyl sites for hydroxylation is 2. The molecule has 0 amide bonds. The van der Waals surface area contributed by atoms with Crippen molar-refractivity contribution in [1.29, 1.82) is 0 Å². The minimum atomic E-state index is -0.437. The molecule has 0 saturated carbocycles. The smallest absolute Gasteiger partial charge is 0.220 e. The Morgan fingerprint density at radius 1 is 1.13 bits per heavy atom. The van der Waals surface area contributed by atoms with Crippen molar-refractivity contribution in [2.75, 3.05) is 0 Å². The first-order valence-electron chi connectivity index (χ1n) is 10.8. The van der Waals surface area contributed by atoms with Crippen molar-refractivity contribution in [3.63, 3.8) is 0 Å². The van der Waals surface area contributed by atoms with Gasteiger partial charge in [0.2, 0.25) is 6.20 Å². The van der Waals surface area contributed by atoms with Gasteiger partial charge in [-0.3, -0.25) is 14.4 Å². The molecule has 0 saturated heterocycles. The molecule has 31 heavy (non-hydrogen) atoms. The molecule has 1 aliphatic rings. The van der Waals surface area contributed by atoms with Crippen LogP contribution >= 0.6 is 0 Å². The van der Waals surface area contributed by atoms with Gasteiger partial charge in [0.15, 0.2) is 18.6 Å². The van der Waals surface area contributed by atoms with Crippen molar-refractivity contribution in [2.24, 2.45) is 24.5 Å². The van der Waals surface area contributed by atoms with Crippen molar-refractivity contribution < 1.29 is 9.48 Å². The topological polar surface area (TPSA) is 69.0 Å². The number of Topliss-reactive ketones (excluding diaryl/α,β-unsaturated/α-hetero) is 1. The van der Waals surface area contributed by atoms with Crippen molar-refractivity contribution in [1.82, 2.24) is 19.4 Å². The van der Waals surface area contributed by atoms with Crippen LogP contribution in [0.1, 0.15) is 70.0 Å². The van der Waals surface area contributed by atoms with Gasteiger partial charge >= 0.3 is 0 Å². The van der Waals surface area contributed by atoms with E-state index in [0.717, 1.165) is 28.5 Å². The van der Waals surface area contributed by atoms with Crippen LogP contribution in [0, 0.1) is 12.3 Å². The Hall–Kier alpha value is -3.09. The van der Waals surface area contributed by atoms with Gasteiger partial charge in [-0.15, -0.1) is 14.9 Å². The highest BCUT2D eigenvalue weighted by Gasteiger charge is 2.35. The Kier molecular flexibility index (Phi) is 6.25. The summed E-state index contributed by atoms with van der Waals surface area (Å²) in [7, 11) is 4.01. The Morgan fingerprint density at radius 3 is 2.39 bits per heavy atom. The molecule has 7 heteroatoms. The maximum Gasteiger partial charge on any atom is 0.220 e. The van der Waals surface area contributed by atoms with E-state index in [-0.39, 0.29) is 12.2 Å². The number of hydrogen-bond acceptors (Lipinski definition) is 4. The molecule has 0 radical (unpaired) electrons. The fraction of sp³-hybridized carbons (Fsp3) is 0.458. The minimum Gasteiger partial charge on any atom is -0.299 e. The van der Waals surface area contributed by atoms with Gasteiger partial charge in [0.05, 0.1) is 12.8 Å². The highest BCUT2D eigenvalue weighted by Crippen LogP contribution is 2.33. The van der Waals surface area contributed by atoms with Gasteiger partial charge in [-0.25, -0.2) is 0 Å². The monoisotopic (exact) mass is 421 g/mol. The fourth-order valence-electron chi connectivity index (χ4n) is 3.68. The van der Waals surface area contributed by atoms with Crippen LogP contribution in [-0.4, -0.2) is 30.9 Å². The lowest BCUT2D eigenvalue weighted by Gasteiger charge is -2.19. The van der Waals surface area contributed by atoms with Gasteiger partial charge in [-0.05, 0) is 6.92 Å². The highest BCUT2D eigenvalue weighted by atomic mass is 16.1. The Balaban J connectivity index is 0.00000132. The van der Waals surface area contributed by atoms with E-state index in [1.807, 2.05) is 83.1 Å². The minimum absolute atomic E-state index is 0.155. The van der Waals surface area contributed by atoms with Gasteiger partial charge < -0.3 is 0 Å². The van der Waals surface area contributed by atoms with Crippen molar-refractivity contribution >= 4 is 11.5 Å². The van der Waals surface area contributed by atoms with Crippen molar-refractivity contribution in [3.8, 4) is 5.69 Å². The Morgan fingerprint density at radius 2 is 1.77 bits per heavy atom. The van der Waals surface area contributed by atoms with Gasteiger partial charge in [0.1, 0.15) is 23.3 Å². The molecule has 0 N–H and O–H groups in total. The summed E-state index contributed by atoms with van der Waals surface area (Å²) in [6, 6.07) is 9.72. The third-order valence-corrected chi connectivity index (χ3v) is 5.51. The maximum absolute atomic E-state index is 12.9. The lowest BCUT2D eigenvalue weighted by Crippen LogP contribution is -2.38. The van der Waals surface area contributed by atoms with Crippen LogP contribution in [0.15, 0.2) is 41.5 Å². The predicted octanol–water partition coefficient (Wildman–Crippen LogP) is 3.66. The molecule has 0 fully saturated rings. The second kappa shape index (κ2) is 8.57. The SMILES string of the molecule is CC.Cc1nnc2n1-c1c[n+](C)n(C)c1C(c1ccccc1)=N[C@H]2CC(=O)C(C)(C)C. The number of ketones is 1. The van der Waals surface area contributed by atoms with E-state index < -0.39 is 11.5 Å². The average molecular weight is 422 g/mol. The second-order valence-corrected chi connectivity index (χ2v) is 8.64. The molecule has 2 aromatic heterocycles. The number of aromatic nitrogens is 5. The van der Waals surface area contributed by atoms with Crippen molar-refractivity contribution in [2.45, 2.75) is 54.0 Å². The van der Waals surface area contributed by atoms with E-state index in [1.165, 1.54) is 0 Å². The molecule has 164 valence electrons. The number of nitrogens with zero attached hydrogens (tertiary/aromatic N) is 6. The quantitative estimate of drug-likeness (QED) is 0.606. The van der Waals surface area contributed by atoms with Gasteiger partial charge in [0, 0.05) is 17.4 Å². The van der Waals surface area contributed by atoms with E-state index in [1.54, 1.807) is 0 Å². The summed E-state index contributed by atoms with van der Waals surface area (Å²) in [6.07, 6.45) is 2.35. The van der Waals surface area contributed by atoms with E-state index in [0.29, 0.717) is 5.82 Å². The molecular weight excluding hydrogens is 388 g/mol. The summed E-state index contributed by atoms with van der Waals surface area (Å²) in [5.74, 6) is 1.64. The van der Waals surface area contributed by atoms with E-state index in [9.17, 15) is 4.79 Å². The van der Waals surface area contributed by atoms with Crippen LogP contribution in [0.4, 0.5) is 0 Å². The van der Waals surface area contributed by atoms with E-state index >= 15 is 0 Å². The predicted molar refractivity (Wildman–Crippen MR) is 121 cm³/mol. The second-order valence-electron chi connectivity index (χ2n) is 8.64. The first-order valence-corrected chi connectivity index (χ1v) is 10.8. The summed E-state index contributed by atoms with van der Waals surface area (Å²) in [6.45, 7) is 11.8. The summed E-state index contributed by atoms with van der Waals surface area (Å²) < 4.78 is 6.13. The first-order chi connectivity index (χ1) is 14.7. The highest BCUT2D eigenvalue weighted by molar-refractivity contribution is 6.14. The van der Waals surface area contributed by atoms with Crippen LogP contribution in [0.5, 0.6) is 0 Å². The van der Waals surface area contributed by atoms with Crippen LogP contribution < -0.4 is 4.68 Å². The standard InChI is InChI=1S/C22H27N6O.C2H6/c1-14-24-25-21-16(12-18(29)22(2,3)4)23-19(15-10-8-7-9-11-15)20-17(28(14)21)13-26(5)27(20)6;1-2/h7-11,13,16H,12H2,1-6H3;1-2H3/q+1;/t16-;/m0./s1. The third-order valence-electron chi connectivity index (χ3n) is 5.51. The van der Waals surface area contributed by atoms with Gasteiger partial charge in [-0.1, -0.05) is 65.0 Å². The van der Waals surface area contributed by atoms with E-state index in [2.05, 4.69) is 33.2 Å². The summed E-state index contributed by atoms with van der Waals surface area (Å²) >= 11 is 0. The molecule has 0 unspecified atom stereocenters. The number of hydrogen-bond donors (Lipinski definition) is 0. The number of fused-ring (bicyclic) bond motifs is 3. The molecule has 3 aromatic rings. The lowest BCUT2D eigenvalue weighted by atomic mass is 9.87. The zero-order valence-electron chi connectivity index (χ0n) is 19.8. The molecule has 0 aliphatic carbocycles. The Labute approximate surface area is 184 Å². The number of aliphatic imine (C=N–C) groups is 1. The summed E-state index contributed by atoms with van der Waals surface area (Å²) in [5.41, 5.74) is 3.39. The molecule has 4 rings (SSSR count). The van der Waals surface area contributed by atoms with Gasteiger partial charge in [-0.2, -0.15) is 4.68 Å². The van der Waals surface area contributed by atoms with E-state index in [4.69, 9.17) is 4.99 Å². The average Bonchev–Trinajstić information content (AvgIpc) is 3.21. The van der Waals surface area contributed by atoms with Crippen LogP contribution in [0.2, 0.25) is 0 Å². The van der Waals surface area contributed by atoms with Gasteiger partial charge in [0.25, 0.3) is 0 Å². The number of carbonyl (C=O) groups excluding carboxylic acids is 1. The lowest BCUT2D eigenvalue weighted by molar-refractivity contribution is -0.751. The number of benzene rings is 1. The number of rotatable bonds is 3. The maximum atomic E-state index is 12.9. The fourth-order valence-corrected chi connectivity index (χ4v) is 3.68. The Bertz CT molecular complexity index is 1120. The molecular formula is C24H33N6O+. The summed E-state index contributed by atoms with van der Waals surface area (Å²) in [5, 5.41) is 8.74. The molecule has 0 bridgehead atoms. The largest absolute Gasteiger partial charge is 0.299 e. The molecule has 7 nitrogen and oxygen atoms in total. The normalized spacial score (nSPS) is 15.2. The van der Waals surface area contributed by atoms with Crippen LogP contribution in [0.25, 0.3) is 5.69 Å². The zero-order chi connectivity index (χ0) is 22.9. The molecule has 3 heterocycles. The molecule has 1 atom stereocenters.